The van der Waals surface area contributed by atoms with Gasteiger partial charge in [0.1, 0.15) is 0 Å². The summed E-state index contributed by atoms with van der Waals surface area (Å²) in [6, 6.07) is 122. The molecule has 2 nitrogen and oxygen atoms in total. The Labute approximate surface area is 495 Å². The minimum absolute atomic E-state index is 0.626. The minimum atomic E-state index is -0.626. The van der Waals surface area contributed by atoms with Gasteiger partial charge in [-0.2, -0.15) is 0 Å². The lowest BCUT2D eigenvalue weighted by atomic mass is 9.67. The van der Waals surface area contributed by atoms with Crippen LogP contribution >= 0.6 is 0 Å². The molecule has 1 aromatic heterocycles. The van der Waals surface area contributed by atoms with Gasteiger partial charge < -0.3 is 9.47 Å². The van der Waals surface area contributed by atoms with E-state index in [2.05, 4.69) is 337 Å². The molecule has 2 aliphatic rings. The Morgan fingerprint density at radius 1 is 0.259 bits per heavy atom. The molecular formula is C83H54N2. The average molecular weight is 1080 g/mol. The zero-order valence-electron chi connectivity index (χ0n) is 46.6. The maximum absolute atomic E-state index is 2.58. The molecule has 14 aromatic carbocycles. The Balaban J connectivity index is 0.827. The normalized spacial score (nSPS) is 12.6. The lowest BCUT2D eigenvalue weighted by Gasteiger charge is -2.34. The number of aromatic nitrogens is 1. The van der Waals surface area contributed by atoms with Crippen molar-refractivity contribution in [1.29, 1.82) is 0 Å². The molecule has 0 unspecified atom stereocenters. The summed E-state index contributed by atoms with van der Waals surface area (Å²) < 4.78 is 2.58. The molecule has 0 saturated carbocycles. The molecule has 0 saturated heterocycles. The summed E-state index contributed by atoms with van der Waals surface area (Å²) in [4.78, 5) is 2.39. The van der Waals surface area contributed by atoms with Crippen LogP contribution in [0.2, 0.25) is 0 Å². The van der Waals surface area contributed by atoms with Crippen molar-refractivity contribution in [3.05, 3.63) is 350 Å². The molecule has 85 heavy (non-hydrogen) atoms. The van der Waals surface area contributed by atoms with Crippen LogP contribution in [0.25, 0.3) is 116 Å². The van der Waals surface area contributed by atoms with Gasteiger partial charge in [0.2, 0.25) is 0 Å². The highest BCUT2D eigenvalue weighted by Crippen LogP contribution is 2.62. The number of hydrogen-bond donors (Lipinski definition) is 0. The molecule has 2 heterocycles. The predicted molar refractivity (Wildman–Crippen MR) is 356 cm³/mol. The molecule has 2 heteroatoms. The summed E-state index contributed by atoms with van der Waals surface area (Å²) in [6.45, 7) is 0. The van der Waals surface area contributed by atoms with Crippen molar-refractivity contribution in [1.82, 2.24) is 4.57 Å². The molecule has 1 aliphatic carbocycles. The van der Waals surface area contributed by atoms with Crippen molar-refractivity contribution in [2.45, 2.75) is 5.41 Å². The molecule has 15 aromatic rings. The Morgan fingerprint density at radius 2 is 0.765 bits per heavy atom. The van der Waals surface area contributed by atoms with Gasteiger partial charge in [-0.15, -0.1) is 0 Å². The van der Waals surface area contributed by atoms with Crippen molar-refractivity contribution in [3.8, 4) is 83.6 Å². The number of hydrogen-bond acceptors (Lipinski definition) is 1. The summed E-state index contributed by atoms with van der Waals surface area (Å²) in [5.41, 5.74) is 28.5. The van der Waals surface area contributed by atoms with Crippen molar-refractivity contribution < 1.29 is 0 Å². The van der Waals surface area contributed by atoms with Gasteiger partial charge in [-0.25, -0.2) is 0 Å². The quantitative estimate of drug-likeness (QED) is 0.133. The Hall–Kier alpha value is -11.1. The molecule has 0 amide bonds. The minimum Gasteiger partial charge on any atom is -0.310 e. The third kappa shape index (κ3) is 7.66. The van der Waals surface area contributed by atoms with Crippen LogP contribution in [0.15, 0.2) is 328 Å². The van der Waals surface area contributed by atoms with Crippen LogP contribution in [0.5, 0.6) is 0 Å². The molecule has 0 N–H and O–H groups in total. The second-order valence-corrected chi connectivity index (χ2v) is 22.7. The molecule has 0 radical (unpaired) electrons. The fourth-order valence-corrected chi connectivity index (χ4v) is 14.4. The number of benzene rings is 14. The smallest absolute Gasteiger partial charge is 0.0714 e. The van der Waals surface area contributed by atoms with Gasteiger partial charge in [-0.1, -0.05) is 267 Å². The van der Waals surface area contributed by atoms with Crippen LogP contribution in [0.3, 0.4) is 0 Å². The molecule has 396 valence electrons. The monoisotopic (exact) mass is 1080 g/mol. The van der Waals surface area contributed by atoms with Crippen molar-refractivity contribution in [3.63, 3.8) is 0 Å². The van der Waals surface area contributed by atoms with Crippen molar-refractivity contribution in [2.24, 2.45) is 0 Å². The fraction of sp³-hybridized carbons (Fsp3) is 0.0120. The SMILES string of the molecule is c1ccc(-c2ccc(C3(c4ccc(-c5ccccc5)cc4)c4cccc5c4-c4c3ccc3c6ccccc6n(c43)-c3ccc(-c4ccc6cc(N(c7ccccc7)c7ccc(-c8ccccc8)c(-c8ccccc8)c7)ccc6c4)cc3-5)cc2)cc1. The summed E-state index contributed by atoms with van der Waals surface area (Å²) in [6.07, 6.45) is 0. The van der Waals surface area contributed by atoms with E-state index in [0.717, 1.165) is 17.1 Å². The maximum atomic E-state index is 2.58. The van der Waals surface area contributed by atoms with Gasteiger partial charge >= 0.3 is 0 Å². The lowest BCUT2D eigenvalue weighted by Crippen LogP contribution is -2.28. The van der Waals surface area contributed by atoms with Gasteiger partial charge in [0.15, 0.2) is 0 Å². The molecule has 0 fully saturated rings. The van der Waals surface area contributed by atoms with E-state index in [4.69, 9.17) is 0 Å². The van der Waals surface area contributed by atoms with E-state index >= 15 is 0 Å². The van der Waals surface area contributed by atoms with E-state index in [1.165, 1.54) is 138 Å². The molecule has 0 atom stereocenters. The van der Waals surface area contributed by atoms with E-state index in [1.54, 1.807) is 0 Å². The van der Waals surface area contributed by atoms with Crippen molar-refractivity contribution in [2.75, 3.05) is 4.90 Å². The lowest BCUT2D eigenvalue weighted by molar-refractivity contribution is 0.769. The van der Waals surface area contributed by atoms with Gasteiger partial charge in [0, 0.05) is 39.0 Å². The highest BCUT2D eigenvalue weighted by atomic mass is 15.1. The first-order chi connectivity index (χ1) is 42.2. The van der Waals surface area contributed by atoms with Gasteiger partial charge in [0.05, 0.1) is 22.1 Å². The largest absolute Gasteiger partial charge is 0.310 e. The first kappa shape index (κ1) is 48.6. The van der Waals surface area contributed by atoms with Crippen LogP contribution in [0, 0.1) is 0 Å². The zero-order chi connectivity index (χ0) is 56.0. The highest BCUT2D eigenvalue weighted by molar-refractivity contribution is 6.19. The first-order valence-electron chi connectivity index (χ1n) is 29.5. The molecule has 1 aliphatic heterocycles. The summed E-state index contributed by atoms with van der Waals surface area (Å²) >= 11 is 0. The Morgan fingerprint density at radius 3 is 1.44 bits per heavy atom. The van der Waals surface area contributed by atoms with E-state index in [0.29, 0.717) is 0 Å². The third-order valence-electron chi connectivity index (χ3n) is 18.2. The summed E-state index contributed by atoms with van der Waals surface area (Å²) in [5, 5.41) is 4.89. The predicted octanol–water partition coefficient (Wildman–Crippen LogP) is 22.1. The van der Waals surface area contributed by atoms with E-state index in [1.807, 2.05) is 0 Å². The van der Waals surface area contributed by atoms with Crippen LogP contribution in [-0.2, 0) is 5.41 Å². The maximum Gasteiger partial charge on any atom is 0.0714 e. The van der Waals surface area contributed by atoms with Gasteiger partial charge in [0.25, 0.3) is 0 Å². The number of para-hydroxylation sites is 2. The number of fused-ring (bicyclic) bond motifs is 7. The standard InChI is InChI=1S/C83H54N2/c1-6-19-55(20-7-1)57-35-41-65(42-36-57)83(66-43-37-58(38-44-66)56-21-8-2-9-22-56)76-31-18-30-72-75-53-64(40-50-79(75)85-78-32-17-16-29-71(78)73-48-49-77(83)81(80(72)76)82(73)85)61-33-34-63-52-68(45-39-62(63)51-61)84(67-27-14-5-15-28-67)69-46-47-70(59-23-10-3-11-24-59)74(54-69)60-25-12-4-13-26-60/h1-54H. The second kappa shape index (κ2) is 19.6. The number of anilines is 3. The van der Waals surface area contributed by atoms with Gasteiger partial charge in [-0.3, -0.25) is 0 Å². The van der Waals surface area contributed by atoms with E-state index in [9.17, 15) is 0 Å². The summed E-state index contributed by atoms with van der Waals surface area (Å²) in [5.74, 6) is 0. The topological polar surface area (TPSA) is 8.17 Å². The molecular weight excluding hydrogens is 1020 g/mol. The second-order valence-electron chi connectivity index (χ2n) is 22.7. The Bertz CT molecular complexity index is 4980. The van der Waals surface area contributed by atoms with Crippen LogP contribution in [-0.4, -0.2) is 4.57 Å². The highest BCUT2D eigenvalue weighted by Gasteiger charge is 2.49. The van der Waals surface area contributed by atoms with E-state index < -0.39 is 5.41 Å². The Kier molecular flexibility index (Phi) is 11.2. The van der Waals surface area contributed by atoms with Crippen LogP contribution < -0.4 is 4.90 Å². The fourth-order valence-electron chi connectivity index (χ4n) is 14.4. The average Bonchev–Trinajstić information content (AvgIpc) is 1.54. The zero-order valence-corrected chi connectivity index (χ0v) is 46.6. The number of rotatable bonds is 10. The van der Waals surface area contributed by atoms with E-state index in [-0.39, 0.29) is 0 Å². The third-order valence-corrected chi connectivity index (χ3v) is 18.2. The molecule has 17 rings (SSSR count). The van der Waals surface area contributed by atoms with Crippen molar-refractivity contribution >= 4 is 49.6 Å². The number of nitrogens with zero attached hydrogens (tertiary/aromatic N) is 2. The molecule has 0 spiro atoms. The molecule has 0 bridgehead atoms. The first-order valence-corrected chi connectivity index (χ1v) is 29.5. The summed E-state index contributed by atoms with van der Waals surface area (Å²) in [7, 11) is 0. The van der Waals surface area contributed by atoms with Gasteiger partial charge in [-0.05, 0) is 160 Å². The van der Waals surface area contributed by atoms with Crippen LogP contribution in [0.4, 0.5) is 17.1 Å². The van der Waals surface area contributed by atoms with Crippen LogP contribution in [0.1, 0.15) is 22.3 Å².